The van der Waals surface area contributed by atoms with Crippen LogP contribution >= 0.6 is 0 Å². The summed E-state index contributed by atoms with van der Waals surface area (Å²) in [6.45, 7) is 6.60. The van der Waals surface area contributed by atoms with Gasteiger partial charge in [0.05, 0.1) is 6.61 Å². The molecule has 3 heteroatoms. The molecule has 0 fully saturated rings. The number of esters is 1. The lowest BCUT2D eigenvalue weighted by molar-refractivity contribution is -0.137. The van der Waals surface area contributed by atoms with E-state index in [1.54, 1.807) is 13.0 Å². The Hall–Kier alpha value is -0.830. The molecule has 0 aliphatic carbocycles. The Morgan fingerprint density at radius 2 is 2.14 bits per heavy atom. The summed E-state index contributed by atoms with van der Waals surface area (Å²) in [6.07, 6.45) is 5.15. The summed E-state index contributed by atoms with van der Waals surface area (Å²) in [5.41, 5.74) is 0. The highest BCUT2D eigenvalue weighted by atomic mass is 16.5. The van der Waals surface area contributed by atoms with Crippen molar-refractivity contribution in [3.8, 4) is 0 Å². The molecule has 0 N–H and O–H groups in total. The van der Waals surface area contributed by atoms with Gasteiger partial charge in [0.25, 0.3) is 0 Å². The fraction of sp³-hybridized carbons (Fsp3) is 0.727. The number of rotatable bonds is 7. The van der Waals surface area contributed by atoms with Crippen LogP contribution < -0.4 is 0 Å². The van der Waals surface area contributed by atoms with Crippen LogP contribution in [0, 0.1) is 0 Å². The first-order valence-electron chi connectivity index (χ1n) is 5.18. The van der Waals surface area contributed by atoms with E-state index in [0.29, 0.717) is 6.61 Å². The number of hydrogen-bond acceptors (Lipinski definition) is 3. The number of carbonyl (C=O) groups is 1. The summed E-state index contributed by atoms with van der Waals surface area (Å²) in [5, 5.41) is 0. The topological polar surface area (TPSA) is 29.5 Å². The predicted octanol–water partition coefficient (Wildman–Crippen LogP) is 1.84. The first-order valence-corrected chi connectivity index (χ1v) is 5.18. The zero-order chi connectivity index (χ0) is 10.8. The standard InChI is InChI=1S/C11H21NO2/c1-4-8-11(13)14-10-7-6-9-12(3)5-2/h4,8H,5-7,9-10H2,1-3H3. The largest absolute Gasteiger partial charge is 0.463 e. The number of unbranched alkanes of at least 4 members (excludes halogenated alkanes) is 1. The van der Waals surface area contributed by atoms with Crippen LogP contribution in [-0.2, 0) is 9.53 Å². The van der Waals surface area contributed by atoms with Crippen LogP contribution in [0.5, 0.6) is 0 Å². The lowest BCUT2D eigenvalue weighted by atomic mass is 10.3. The van der Waals surface area contributed by atoms with Crippen molar-refractivity contribution < 1.29 is 9.53 Å². The van der Waals surface area contributed by atoms with Gasteiger partial charge in [-0.25, -0.2) is 4.79 Å². The van der Waals surface area contributed by atoms with Crippen LogP contribution in [-0.4, -0.2) is 37.6 Å². The molecule has 0 aromatic carbocycles. The molecule has 0 aliphatic heterocycles. The minimum absolute atomic E-state index is 0.239. The van der Waals surface area contributed by atoms with E-state index in [9.17, 15) is 4.79 Å². The maximum absolute atomic E-state index is 10.9. The van der Waals surface area contributed by atoms with Gasteiger partial charge in [-0.05, 0) is 39.9 Å². The van der Waals surface area contributed by atoms with Crippen molar-refractivity contribution in [1.82, 2.24) is 4.90 Å². The van der Waals surface area contributed by atoms with E-state index < -0.39 is 0 Å². The molecule has 0 aromatic heterocycles. The summed E-state index contributed by atoms with van der Waals surface area (Å²) in [7, 11) is 2.09. The minimum atomic E-state index is -0.239. The van der Waals surface area contributed by atoms with Gasteiger partial charge in [-0.2, -0.15) is 0 Å². The van der Waals surface area contributed by atoms with Gasteiger partial charge < -0.3 is 9.64 Å². The molecule has 3 nitrogen and oxygen atoms in total. The average Bonchev–Trinajstić information content (AvgIpc) is 2.17. The molecule has 0 unspecified atom stereocenters. The van der Waals surface area contributed by atoms with E-state index in [4.69, 9.17) is 4.74 Å². The van der Waals surface area contributed by atoms with Crippen LogP contribution in [0.15, 0.2) is 12.2 Å². The Morgan fingerprint density at radius 1 is 1.43 bits per heavy atom. The monoisotopic (exact) mass is 199 g/mol. The fourth-order valence-electron chi connectivity index (χ4n) is 0.999. The smallest absolute Gasteiger partial charge is 0.330 e. The van der Waals surface area contributed by atoms with E-state index in [1.165, 1.54) is 6.08 Å². The number of hydrogen-bond donors (Lipinski definition) is 0. The zero-order valence-corrected chi connectivity index (χ0v) is 9.45. The number of allylic oxidation sites excluding steroid dienone is 1. The second-order valence-electron chi connectivity index (χ2n) is 3.27. The van der Waals surface area contributed by atoms with Crippen molar-refractivity contribution in [2.24, 2.45) is 0 Å². The quantitative estimate of drug-likeness (QED) is 0.356. The van der Waals surface area contributed by atoms with Crippen molar-refractivity contribution in [1.29, 1.82) is 0 Å². The van der Waals surface area contributed by atoms with Gasteiger partial charge in [0, 0.05) is 6.08 Å². The third kappa shape index (κ3) is 7.80. The lowest BCUT2D eigenvalue weighted by Gasteiger charge is -2.12. The first-order chi connectivity index (χ1) is 6.70. The molecule has 0 radical (unpaired) electrons. The van der Waals surface area contributed by atoms with E-state index in [1.807, 2.05) is 0 Å². The molecule has 0 atom stereocenters. The van der Waals surface area contributed by atoms with Gasteiger partial charge in [0.2, 0.25) is 0 Å². The van der Waals surface area contributed by atoms with Crippen LogP contribution in [0.2, 0.25) is 0 Å². The zero-order valence-electron chi connectivity index (χ0n) is 9.45. The number of nitrogens with zero attached hydrogens (tertiary/aromatic N) is 1. The Balaban J connectivity index is 3.25. The van der Waals surface area contributed by atoms with Crippen LogP contribution in [0.1, 0.15) is 26.7 Å². The third-order valence-corrected chi connectivity index (χ3v) is 2.02. The molecule has 0 aromatic rings. The molecule has 0 amide bonds. The van der Waals surface area contributed by atoms with Gasteiger partial charge in [-0.15, -0.1) is 0 Å². The Bertz CT molecular complexity index is 178. The van der Waals surface area contributed by atoms with Crippen LogP contribution in [0.3, 0.4) is 0 Å². The van der Waals surface area contributed by atoms with Gasteiger partial charge in [-0.1, -0.05) is 13.0 Å². The van der Waals surface area contributed by atoms with Crippen LogP contribution in [0.4, 0.5) is 0 Å². The molecule has 14 heavy (non-hydrogen) atoms. The van der Waals surface area contributed by atoms with E-state index in [0.717, 1.165) is 25.9 Å². The second kappa shape index (κ2) is 8.75. The highest BCUT2D eigenvalue weighted by molar-refractivity contribution is 5.81. The number of ether oxygens (including phenoxy) is 1. The van der Waals surface area contributed by atoms with Crippen molar-refractivity contribution in [3.63, 3.8) is 0 Å². The number of carbonyl (C=O) groups excluding carboxylic acids is 1. The van der Waals surface area contributed by atoms with Crippen molar-refractivity contribution in [2.75, 3.05) is 26.7 Å². The lowest BCUT2D eigenvalue weighted by Crippen LogP contribution is -2.19. The Kier molecular flexibility index (Phi) is 8.24. The SMILES string of the molecule is CC=CC(=O)OCCCCN(C)CC. The van der Waals surface area contributed by atoms with E-state index in [-0.39, 0.29) is 5.97 Å². The van der Waals surface area contributed by atoms with Gasteiger partial charge in [0.1, 0.15) is 0 Å². The maximum atomic E-state index is 10.9. The van der Waals surface area contributed by atoms with Gasteiger partial charge >= 0.3 is 5.97 Å². The average molecular weight is 199 g/mol. The summed E-state index contributed by atoms with van der Waals surface area (Å²) in [5.74, 6) is -0.239. The maximum Gasteiger partial charge on any atom is 0.330 e. The van der Waals surface area contributed by atoms with E-state index >= 15 is 0 Å². The summed E-state index contributed by atoms with van der Waals surface area (Å²) >= 11 is 0. The minimum Gasteiger partial charge on any atom is -0.463 e. The molecule has 0 rings (SSSR count). The fourth-order valence-corrected chi connectivity index (χ4v) is 0.999. The highest BCUT2D eigenvalue weighted by Gasteiger charge is 1.97. The van der Waals surface area contributed by atoms with Crippen LogP contribution in [0.25, 0.3) is 0 Å². The van der Waals surface area contributed by atoms with E-state index in [2.05, 4.69) is 18.9 Å². The summed E-state index contributed by atoms with van der Waals surface area (Å²) in [6, 6.07) is 0. The second-order valence-corrected chi connectivity index (χ2v) is 3.27. The summed E-state index contributed by atoms with van der Waals surface area (Å²) < 4.78 is 4.95. The van der Waals surface area contributed by atoms with Crippen molar-refractivity contribution >= 4 is 5.97 Å². The molecular formula is C11H21NO2. The molecule has 0 bridgehead atoms. The molecule has 0 saturated carbocycles. The van der Waals surface area contributed by atoms with Gasteiger partial charge in [0.15, 0.2) is 0 Å². The van der Waals surface area contributed by atoms with Crippen molar-refractivity contribution in [3.05, 3.63) is 12.2 Å². The molecule has 0 spiro atoms. The normalized spacial score (nSPS) is 11.1. The Morgan fingerprint density at radius 3 is 2.71 bits per heavy atom. The molecule has 0 heterocycles. The van der Waals surface area contributed by atoms with Crippen molar-refractivity contribution in [2.45, 2.75) is 26.7 Å². The van der Waals surface area contributed by atoms with Gasteiger partial charge in [-0.3, -0.25) is 0 Å². The molecular weight excluding hydrogens is 178 g/mol. The molecule has 82 valence electrons. The Labute approximate surface area is 86.7 Å². The third-order valence-electron chi connectivity index (χ3n) is 2.02. The molecule has 0 aliphatic rings. The summed E-state index contributed by atoms with van der Waals surface area (Å²) in [4.78, 5) is 13.1. The predicted molar refractivity (Wildman–Crippen MR) is 58.2 cm³/mol. The highest BCUT2D eigenvalue weighted by Crippen LogP contribution is 1.94. The first kappa shape index (κ1) is 13.2. The molecule has 0 saturated heterocycles.